The van der Waals surface area contributed by atoms with Crippen molar-refractivity contribution < 1.29 is 4.79 Å². The quantitative estimate of drug-likeness (QED) is 0.881. The average molecular weight is 262 g/mol. The van der Waals surface area contributed by atoms with Crippen LogP contribution < -0.4 is 5.32 Å². The summed E-state index contributed by atoms with van der Waals surface area (Å²) in [5, 5.41) is 13.5. The van der Waals surface area contributed by atoms with Crippen LogP contribution in [-0.4, -0.2) is 30.9 Å². The summed E-state index contributed by atoms with van der Waals surface area (Å²) in [6, 6.07) is 0.252. The predicted molar refractivity (Wildman–Crippen MR) is 71.0 cm³/mol. The molecule has 0 fully saturated rings. The third kappa shape index (κ3) is 2.98. The molecule has 0 bridgehead atoms. The molecule has 2 heterocycles. The Bertz CT molecular complexity index is 568. The van der Waals surface area contributed by atoms with Gasteiger partial charge in [0.2, 0.25) is 5.82 Å². The smallest absolute Gasteiger partial charge is 0.295 e. The number of anilines is 1. The number of H-pyrrole nitrogens is 1. The van der Waals surface area contributed by atoms with Crippen molar-refractivity contribution in [3.05, 3.63) is 24.0 Å². The van der Waals surface area contributed by atoms with Crippen molar-refractivity contribution >= 4 is 11.6 Å². The molecule has 0 aliphatic rings. The van der Waals surface area contributed by atoms with E-state index in [0.29, 0.717) is 11.5 Å². The predicted octanol–water partition coefficient (Wildman–Crippen LogP) is 1.96. The second kappa shape index (κ2) is 5.21. The molecular formula is C12H18N6O. The zero-order valence-electron chi connectivity index (χ0n) is 11.5. The number of hydrogen-bond acceptors (Lipinski definition) is 4. The second-order valence-electron chi connectivity index (χ2n) is 4.96. The van der Waals surface area contributed by atoms with Crippen LogP contribution in [0.25, 0.3) is 0 Å². The van der Waals surface area contributed by atoms with Crippen LogP contribution in [-0.2, 0) is 0 Å². The Balaban J connectivity index is 2.07. The second-order valence-corrected chi connectivity index (χ2v) is 4.96. The first-order chi connectivity index (χ1) is 8.97. The summed E-state index contributed by atoms with van der Waals surface area (Å²) < 4.78 is 1.77. The monoisotopic (exact) mass is 262 g/mol. The van der Waals surface area contributed by atoms with Crippen molar-refractivity contribution in [2.24, 2.45) is 0 Å². The molecule has 2 aromatic rings. The van der Waals surface area contributed by atoms with E-state index < -0.39 is 0 Å². The molecule has 1 amide bonds. The number of carbonyl (C=O) groups excluding carboxylic acids is 1. The molecular weight excluding hydrogens is 244 g/mol. The fraction of sp³-hybridized carbons (Fsp3) is 0.500. The fourth-order valence-corrected chi connectivity index (χ4v) is 1.51. The topological polar surface area (TPSA) is 88.5 Å². The summed E-state index contributed by atoms with van der Waals surface area (Å²) >= 11 is 0. The maximum atomic E-state index is 11.9. The van der Waals surface area contributed by atoms with E-state index in [9.17, 15) is 4.79 Å². The normalized spacial score (nSPS) is 11.3. The Hall–Kier alpha value is -2.18. The number of amides is 1. The van der Waals surface area contributed by atoms with Crippen LogP contribution in [0.3, 0.4) is 0 Å². The van der Waals surface area contributed by atoms with Crippen LogP contribution in [0.2, 0.25) is 0 Å². The molecule has 0 aromatic carbocycles. The summed E-state index contributed by atoms with van der Waals surface area (Å²) in [5.74, 6) is 0.702. The summed E-state index contributed by atoms with van der Waals surface area (Å²) in [4.78, 5) is 16.1. The molecule has 7 nitrogen and oxygen atoms in total. The van der Waals surface area contributed by atoms with Gasteiger partial charge in [-0.1, -0.05) is 13.8 Å². The van der Waals surface area contributed by atoms with E-state index in [0.717, 1.165) is 0 Å². The highest BCUT2D eigenvalue weighted by Gasteiger charge is 2.15. The first-order valence-electron chi connectivity index (χ1n) is 6.25. The van der Waals surface area contributed by atoms with Crippen molar-refractivity contribution in [1.82, 2.24) is 25.0 Å². The Morgan fingerprint density at radius 3 is 2.63 bits per heavy atom. The van der Waals surface area contributed by atoms with Crippen molar-refractivity contribution in [2.45, 2.75) is 39.7 Å². The lowest BCUT2D eigenvalue weighted by atomic mass is 10.2. The van der Waals surface area contributed by atoms with Crippen LogP contribution in [0.1, 0.15) is 56.1 Å². The van der Waals surface area contributed by atoms with Crippen LogP contribution in [0.5, 0.6) is 0 Å². The number of nitrogens with zero attached hydrogens (tertiary/aromatic N) is 4. The maximum Gasteiger partial charge on any atom is 0.295 e. The molecule has 0 unspecified atom stereocenters. The number of hydrogen-bond donors (Lipinski definition) is 2. The minimum Gasteiger partial charge on any atom is -0.316 e. The van der Waals surface area contributed by atoms with Crippen molar-refractivity contribution in [1.29, 1.82) is 0 Å². The highest BCUT2D eigenvalue weighted by molar-refractivity contribution is 6.01. The highest BCUT2D eigenvalue weighted by Crippen LogP contribution is 2.12. The van der Waals surface area contributed by atoms with Gasteiger partial charge >= 0.3 is 0 Å². The lowest BCUT2D eigenvalue weighted by molar-refractivity contribution is 0.101. The standard InChI is InChI=1S/C12H18N6O/c1-7(2)10-15-11(17-16-10)12(19)14-9-5-13-18(6-9)8(3)4/h5-8H,1-4H3,(H,14,19)(H,15,16,17). The van der Waals surface area contributed by atoms with Crippen molar-refractivity contribution in [3.63, 3.8) is 0 Å². The van der Waals surface area contributed by atoms with Gasteiger partial charge in [-0.2, -0.15) is 5.10 Å². The molecule has 102 valence electrons. The zero-order valence-corrected chi connectivity index (χ0v) is 11.5. The Kier molecular flexibility index (Phi) is 3.64. The van der Waals surface area contributed by atoms with Crippen LogP contribution in [0.4, 0.5) is 5.69 Å². The number of nitrogens with one attached hydrogen (secondary N) is 2. The molecule has 2 aromatic heterocycles. The molecule has 7 heteroatoms. The first-order valence-corrected chi connectivity index (χ1v) is 6.25. The number of aromatic amines is 1. The summed E-state index contributed by atoms with van der Waals surface area (Å²) in [5.41, 5.74) is 0.634. The maximum absolute atomic E-state index is 11.9. The minimum atomic E-state index is -0.341. The number of carbonyl (C=O) groups is 1. The Morgan fingerprint density at radius 2 is 2.11 bits per heavy atom. The molecule has 0 aliphatic heterocycles. The zero-order chi connectivity index (χ0) is 14.0. The molecule has 0 radical (unpaired) electrons. The van der Waals surface area contributed by atoms with Crippen LogP contribution in [0, 0.1) is 0 Å². The lowest BCUT2D eigenvalue weighted by Crippen LogP contribution is -2.13. The van der Waals surface area contributed by atoms with E-state index in [4.69, 9.17) is 0 Å². The molecule has 19 heavy (non-hydrogen) atoms. The SMILES string of the molecule is CC(C)c1nc(C(=O)Nc2cnn(C(C)C)c2)n[nH]1. The summed E-state index contributed by atoms with van der Waals surface area (Å²) in [7, 11) is 0. The summed E-state index contributed by atoms with van der Waals surface area (Å²) in [6.07, 6.45) is 3.38. The van der Waals surface area contributed by atoms with E-state index in [1.807, 2.05) is 27.7 Å². The van der Waals surface area contributed by atoms with Gasteiger partial charge in [0.05, 0.1) is 11.9 Å². The molecule has 0 aliphatic carbocycles. The molecule has 0 saturated heterocycles. The average Bonchev–Trinajstić information content (AvgIpc) is 2.96. The van der Waals surface area contributed by atoms with Gasteiger partial charge in [-0.3, -0.25) is 14.6 Å². The van der Waals surface area contributed by atoms with Gasteiger partial charge in [0.25, 0.3) is 5.91 Å². The van der Waals surface area contributed by atoms with Gasteiger partial charge in [0, 0.05) is 18.2 Å². The lowest BCUT2D eigenvalue weighted by Gasteiger charge is -2.03. The third-order valence-corrected chi connectivity index (χ3v) is 2.64. The van der Waals surface area contributed by atoms with Gasteiger partial charge in [0.1, 0.15) is 5.82 Å². The number of aromatic nitrogens is 5. The highest BCUT2D eigenvalue weighted by atomic mass is 16.2. The molecule has 0 spiro atoms. The van der Waals surface area contributed by atoms with E-state index in [1.165, 1.54) is 0 Å². The Labute approximate surface area is 111 Å². The molecule has 0 atom stereocenters. The van der Waals surface area contributed by atoms with Crippen molar-refractivity contribution in [2.75, 3.05) is 5.32 Å². The van der Waals surface area contributed by atoms with Crippen LogP contribution >= 0.6 is 0 Å². The van der Waals surface area contributed by atoms with Crippen molar-refractivity contribution in [3.8, 4) is 0 Å². The molecule has 2 N–H and O–H groups in total. The van der Waals surface area contributed by atoms with Gasteiger partial charge < -0.3 is 5.32 Å². The number of rotatable bonds is 4. The largest absolute Gasteiger partial charge is 0.316 e. The summed E-state index contributed by atoms with van der Waals surface area (Å²) in [6.45, 7) is 8.00. The van der Waals surface area contributed by atoms with Crippen LogP contribution in [0.15, 0.2) is 12.4 Å². The third-order valence-electron chi connectivity index (χ3n) is 2.64. The van der Waals surface area contributed by atoms with Gasteiger partial charge in [-0.15, -0.1) is 5.10 Å². The molecule has 0 saturated carbocycles. The van der Waals surface area contributed by atoms with Gasteiger partial charge in [-0.25, -0.2) is 4.98 Å². The van der Waals surface area contributed by atoms with E-state index in [2.05, 4.69) is 25.6 Å². The van der Waals surface area contributed by atoms with E-state index in [-0.39, 0.29) is 23.7 Å². The van der Waals surface area contributed by atoms with E-state index >= 15 is 0 Å². The minimum absolute atomic E-state index is 0.140. The van der Waals surface area contributed by atoms with Gasteiger partial charge in [-0.05, 0) is 13.8 Å². The van der Waals surface area contributed by atoms with Gasteiger partial charge in [0.15, 0.2) is 0 Å². The Morgan fingerprint density at radius 1 is 1.37 bits per heavy atom. The molecule has 2 rings (SSSR count). The van der Waals surface area contributed by atoms with E-state index in [1.54, 1.807) is 17.1 Å². The fourth-order valence-electron chi connectivity index (χ4n) is 1.51. The first kappa shape index (κ1) is 13.3.